The van der Waals surface area contributed by atoms with Crippen LogP contribution < -0.4 is 15.8 Å². The van der Waals surface area contributed by atoms with Crippen molar-refractivity contribution in [3.05, 3.63) is 0 Å². The molecule has 9 nitrogen and oxygen atoms in total. The first-order valence-electron chi connectivity index (χ1n) is 15.3. The van der Waals surface area contributed by atoms with Crippen molar-refractivity contribution in [1.29, 1.82) is 0 Å². The van der Waals surface area contributed by atoms with Gasteiger partial charge in [-0.15, -0.1) is 0 Å². The second-order valence-corrected chi connectivity index (χ2v) is 14.9. The molecule has 3 saturated carbocycles. The van der Waals surface area contributed by atoms with Crippen LogP contribution in [0.3, 0.4) is 0 Å². The number of hydrogen-bond donors (Lipinski definition) is 3. The predicted molar refractivity (Wildman–Crippen MR) is 143 cm³/mol. The van der Waals surface area contributed by atoms with E-state index in [9.17, 15) is 18.0 Å². The molecule has 0 aromatic heterocycles. The van der Waals surface area contributed by atoms with Gasteiger partial charge in [0, 0.05) is 24.5 Å². The molecular weight excluding hydrogens is 504 g/mol. The molecule has 8 unspecified atom stereocenters. The monoisotopic (exact) mass is 550 g/mol. The van der Waals surface area contributed by atoms with E-state index in [-0.39, 0.29) is 24.5 Å². The molecule has 2 amide bonds. The van der Waals surface area contributed by atoms with Crippen LogP contribution >= 0.6 is 0 Å². The molecule has 0 aromatic carbocycles. The van der Waals surface area contributed by atoms with Crippen molar-refractivity contribution in [3.8, 4) is 0 Å². The van der Waals surface area contributed by atoms with Crippen molar-refractivity contribution >= 4 is 21.8 Å². The number of carbonyl (C=O) groups excluding carboxylic acids is 2. The third kappa shape index (κ3) is 5.15. The molecule has 6 aliphatic rings. The number of fused-ring (bicyclic) bond motifs is 5. The molecule has 6 fully saturated rings. The Kier molecular flexibility index (Phi) is 7.79. The van der Waals surface area contributed by atoms with E-state index >= 15 is 0 Å². The summed E-state index contributed by atoms with van der Waals surface area (Å²) in [4.78, 5) is 28.5. The Labute approximate surface area is 227 Å². The minimum Gasteiger partial charge on any atom is -0.368 e. The Hall–Kier alpha value is -1.23. The Morgan fingerprint density at radius 3 is 2.58 bits per heavy atom. The van der Waals surface area contributed by atoms with Gasteiger partial charge in [0.2, 0.25) is 21.8 Å². The molecule has 214 valence electrons. The van der Waals surface area contributed by atoms with E-state index in [1.165, 1.54) is 19.3 Å². The first kappa shape index (κ1) is 27.0. The maximum Gasteiger partial charge on any atom is 0.246 e. The molecule has 0 aromatic rings. The van der Waals surface area contributed by atoms with Crippen molar-refractivity contribution in [2.24, 2.45) is 34.7 Å². The Morgan fingerprint density at radius 2 is 1.79 bits per heavy atom. The van der Waals surface area contributed by atoms with Crippen LogP contribution in [-0.4, -0.2) is 74.3 Å². The lowest BCUT2D eigenvalue weighted by Crippen LogP contribution is -2.66. The van der Waals surface area contributed by atoms with Crippen LogP contribution in [0.5, 0.6) is 0 Å². The summed E-state index contributed by atoms with van der Waals surface area (Å²) >= 11 is 0. The van der Waals surface area contributed by atoms with E-state index in [1.54, 1.807) is 0 Å². The fraction of sp³-hybridized carbons (Fsp3) is 0.929. The summed E-state index contributed by atoms with van der Waals surface area (Å²) in [7, 11) is -3.43. The number of piperidine rings is 2. The van der Waals surface area contributed by atoms with Crippen molar-refractivity contribution in [2.75, 3.05) is 19.7 Å². The average molecular weight is 551 g/mol. The molecule has 8 atom stereocenters. The fourth-order valence-electron chi connectivity index (χ4n) is 9.36. The Bertz CT molecular complexity index is 999. The number of hydrogen-bond acceptors (Lipinski definition) is 6. The normalized spacial score (nSPS) is 42.7. The van der Waals surface area contributed by atoms with Crippen LogP contribution in [0.15, 0.2) is 0 Å². The minimum atomic E-state index is -3.43. The first-order valence-corrected chi connectivity index (χ1v) is 16.9. The Morgan fingerprint density at radius 1 is 1.00 bits per heavy atom. The molecular formula is C28H46N4O5S. The maximum atomic E-state index is 13.7. The highest BCUT2D eigenvalue weighted by atomic mass is 32.2. The Balaban J connectivity index is 0.971. The number of nitrogens with zero attached hydrogens (tertiary/aromatic N) is 1. The van der Waals surface area contributed by atoms with E-state index in [4.69, 9.17) is 9.88 Å². The van der Waals surface area contributed by atoms with Crippen molar-refractivity contribution in [3.63, 3.8) is 0 Å². The highest BCUT2D eigenvalue weighted by Crippen LogP contribution is 2.54. The molecule has 10 heteroatoms. The van der Waals surface area contributed by atoms with E-state index in [1.807, 2.05) is 0 Å². The van der Waals surface area contributed by atoms with E-state index in [2.05, 4.69) is 15.5 Å². The van der Waals surface area contributed by atoms with Crippen molar-refractivity contribution < 1.29 is 22.7 Å². The largest absolute Gasteiger partial charge is 0.368 e. The second kappa shape index (κ2) is 11.0. The van der Waals surface area contributed by atoms with Gasteiger partial charge in [-0.05, 0) is 101 Å². The topological polar surface area (TPSA) is 131 Å². The summed E-state index contributed by atoms with van der Waals surface area (Å²) in [6.07, 6.45) is 12.6. The van der Waals surface area contributed by atoms with Gasteiger partial charge in [0.05, 0.1) is 17.4 Å². The van der Waals surface area contributed by atoms with Crippen LogP contribution in [-0.2, 0) is 24.3 Å². The van der Waals surface area contributed by atoms with Gasteiger partial charge < -0.3 is 20.3 Å². The quantitative estimate of drug-likeness (QED) is 0.444. The van der Waals surface area contributed by atoms with Crippen LogP contribution in [0.2, 0.25) is 0 Å². The van der Waals surface area contributed by atoms with Crippen LogP contribution in [0.1, 0.15) is 83.5 Å². The third-order valence-electron chi connectivity index (χ3n) is 11.1. The lowest BCUT2D eigenvalue weighted by atomic mass is 9.66. The minimum absolute atomic E-state index is 0.0737. The van der Waals surface area contributed by atoms with Gasteiger partial charge >= 0.3 is 0 Å². The van der Waals surface area contributed by atoms with Crippen molar-refractivity contribution in [1.82, 2.24) is 15.5 Å². The van der Waals surface area contributed by atoms with Gasteiger partial charge in [-0.1, -0.05) is 12.8 Å². The fourth-order valence-corrected chi connectivity index (χ4v) is 10.3. The number of primary sulfonamides is 1. The average Bonchev–Trinajstić information content (AvgIpc) is 3.25. The number of carbonyl (C=O) groups is 2. The summed E-state index contributed by atoms with van der Waals surface area (Å²) in [5.74, 6) is 2.58. The zero-order chi connectivity index (χ0) is 26.4. The molecule has 3 aliphatic carbocycles. The van der Waals surface area contributed by atoms with E-state index < -0.39 is 15.3 Å². The molecule has 3 aliphatic heterocycles. The summed E-state index contributed by atoms with van der Waals surface area (Å²) in [6.45, 7) is 1.74. The molecule has 6 rings (SSSR count). The lowest BCUT2D eigenvalue weighted by molar-refractivity contribution is -0.152. The summed E-state index contributed by atoms with van der Waals surface area (Å²) in [5.41, 5.74) is 0. The van der Waals surface area contributed by atoms with Crippen LogP contribution in [0.25, 0.3) is 0 Å². The molecule has 3 heterocycles. The van der Waals surface area contributed by atoms with Crippen LogP contribution in [0, 0.1) is 29.6 Å². The molecule has 0 spiro atoms. The highest BCUT2D eigenvalue weighted by Gasteiger charge is 2.61. The second-order valence-electron chi connectivity index (χ2n) is 13.1. The van der Waals surface area contributed by atoms with Crippen LogP contribution in [0.4, 0.5) is 0 Å². The van der Waals surface area contributed by atoms with E-state index in [0.717, 1.165) is 57.9 Å². The third-order valence-corrected chi connectivity index (χ3v) is 12.5. The van der Waals surface area contributed by atoms with Gasteiger partial charge in [0.1, 0.15) is 6.61 Å². The predicted octanol–water partition coefficient (Wildman–Crippen LogP) is 1.90. The number of rotatable bonds is 7. The first-order chi connectivity index (χ1) is 18.3. The van der Waals surface area contributed by atoms with Crippen molar-refractivity contribution in [2.45, 2.75) is 113 Å². The number of ether oxygens (including phenoxy) is 1. The van der Waals surface area contributed by atoms with Gasteiger partial charge in [-0.3, -0.25) is 9.59 Å². The van der Waals surface area contributed by atoms with Gasteiger partial charge in [-0.2, -0.15) is 0 Å². The van der Waals surface area contributed by atoms with Gasteiger partial charge in [-0.25, -0.2) is 13.6 Å². The molecule has 0 radical (unpaired) electrons. The lowest BCUT2D eigenvalue weighted by Gasteiger charge is -2.52. The summed E-state index contributed by atoms with van der Waals surface area (Å²) in [5, 5.41) is 11.7. The zero-order valence-corrected chi connectivity index (χ0v) is 23.4. The molecule has 38 heavy (non-hydrogen) atoms. The number of nitrogens with one attached hydrogen (secondary N) is 2. The molecule has 0 bridgehead atoms. The molecule has 4 N–H and O–H groups in total. The van der Waals surface area contributed by atoms with E-state index in [0.29, 0.717) is 67.1 Å². The maximum absolute atomic E-state index is 13.7. The number of sulfonamides is 1. The SMILES string of the molecule is NS(=O)(=O)C1CCC(CCNC(=O)COC2CCC3C(C2)C2CCNC4C5CCCCC5C(=O)N3C24)CC1. The standard InChI is InChI=1S/C28H46N4O5S/c29-38(35,36)19-8-5-17(6-9-19)11-13-30-25(33)16-37-18-7-10-24-23(15-18)21-12-14-31-26-20-3-1-2-4-22(20)28(34)32(24)27(21)26/h17-24,26-27,31H,1-16H2,(H,30,33)(H2,29,35,36). The zero-order valence-electron chi connectivity index (χ0n) is 22.6. The number of amides is 2. The van der Waals surface area contributed by atoms with Gasteiger partial charge in [0.25, 0.3) is 0 Å². The molecule has 3 saturated heterocycles. The number of nitrogens with two attached hydrogens (primary N) is 1. The highest BCUT2D eigenvalue weighted by molar-refractivity contribution is 7.89. The smallest absolute Gasteiger partial charge is 0.246 e. The van der Waals surface area contributed by atoms with Gasteiger partial charge in [0.15, 0.2) is 0 Å². The summed E-state index contributed by atoms with van der Waals surface area (Å²) in [6, 6.07) is 1.16. The summed E-state index contributed by atoms with van der Waals surface area (Å²) < 4.78 is 29.2.